The molecular formula is C10H14N2O3. The van der Waals surface area contributed by atoms with Gasteiger partial charge in [0.1, 0.15) is 12.5 Å². The molecule has 0 fully saturated rings. The fraction of sp³-hybridized carbons (Fsp3) is 0. The van der Waals surface area contributed by atoms with Crippen molar-refractivity contribution in [1.82, 2.24) is 0 Å². The van der Waals surface area contributed by atoms with Crippen molar-refractivity contribution >= 4 is 18.9 Å². The van der Waals surface area contributed by atoms with Crippen molar-refractivity contribution in [2.45, 2.75) is 0 Å². The number of phenolic OH excluding ortho intramolecular Hbond substituents is 1. The average molecular weight is 210 g/mol. The van der Waals surface area contributed by atoms with Crippen LogP contribution in [-0.2, 0) is 4.79 Å². The summed E-state index contributed by atoms with van der Waals surface area (Å²) in [4.78, 5) is 17.0. The van der Waals surface area contributed by atoms with Crippen molar-refractivity contribution in [3.05, 3.63) is 36.4 Å². The molecule has 0 aliphatic carbocycles. The number of benzene rings is 1. The van der Waals surface area contributed by atoms with E-state index in [4.69, 9.17) is 14.7 Å². The normalized spacial score (nSPS) is 7.20. The molecule has 0 heterocycles. The SMILES string of the molecule is C=Cc1ccccc1O.C=O.NC(N)=O. The van der Waals surface area contributed by atoms with Gasteiger partial charge in [-0.15, -0.1) is 0 Å². The van der Waals surface area contributed by atoms with E-state index >= 15 is 0 Å². The van der Waals surface area contributed by atoms with Crippen LogP contribution in [0.5, 0.6) is 5.75 Å². The molecule has 0 radical (unpaired) electrons. The number of primary amides is 2. The van der Waals surface area contributed by atoms with Crippen molar-refractivity contribution in [3.8, 4) is 5.75 Å². The van der Waals surface area contributed by atoms with E-state index in [2.05, 4.69) is 18.0 Å². The van der Waals surface area contributed by atoms with Crippen LogP contribution in [0.1, 0.15) is 5.56 Å². The molecule has 0 aliphatic heterocycles. The zero-order valence-electron chi connectivity index (χ0n) is 8.22. The molecule has 2 amide bonds. The lowest BCUT2D eigenvalue weighted by Gasteiger charge is -1.93. The van der Waals surface area contributed by atoms with Gasteiger partial charge >= 0.3 is 6.03 Å². The van der Waals surface area contributed by atoms with Gasteiger partial charge in [0.25, 0.3) is 0 Å². The molecule has 5 nitrogen and oxygen atoms in total. The molecule has 1 aromatic carbocycles. The zero-order chi connectivity index (χ0) is 12.3. The zero-order valence-corrected chi connectivity index (χ0v) is 8.22. The third kappa shape index (κ3) is 9.62. The summed E-state index contributed by atoms with van der Waals surface area (Å²) < 4.78 is 0. The maximum Gasteiger partial charge on any atom is 0.309 e. The van der Waals surface area contributed by atoms with E-state index in [0.29, 0.717) is 0 Å². The number of carbonyl (C=O) groups excluding carboxylic acids is 2. The van der Waals surface area contributed by atoms with Gasteiger partial charge in [0, 0.05) is 5.56 Å². The number of aromatic hydroxyl groups is 1. The van der Waals surface area contributed by atoms with Gasteiger partial charge in [-0.2, -0.15) is 0 Å². The summed E-state index contributed by atoms with van der Waals surface area (Å²) in [6, 6.07) is 6.25. The van der Waals surface area contributed by atoms with Crippen molar-refractivity contribution in [2.24, 2.45) is 11.5 Å². The molecule has 0 bridgehead atoms. The molecule has 1 rings (SSSR count). The summed E-state index contributed by atoms with van der Waals surface area (Å²) in [5, 5.41) is 9.04. The van der Waals surface area contributed by atoms with E-state index in [9.17, 15) is 0 Å². The molecule has 0 aliphatic rings. The maximum atomic E-state index is 9.04. The number of para-hydroxylation sites is 1. The van der Waals surface area contributed by atoms with Crippen molar-refractivity contribution in [1.29, 1.82) is 0 Å². The Kier molecular flexibility index (Phi) is 9.91. The number of phenols is 1. The minimum Gasteiger partial charge on any atom is -0.507 e. The van der Waals surface area contributed by atoms with Crippen LogP contribution < -0.4 is 11.5 Å². The highest BCUT2D eigenvalue weighted by Gasteiger charge is 1.89. The monoisotopic (exact) mass is 210 g/mol. The molecule has 1 aromatic rings. The highest BCUT2D eigenvalue weighted by molar-refractivity contribution is 5.69. The van der Waals surface area contributed by atoms with Gasteiger partial charge in [-0.05, 0) is 6.07 Å². The minimum atomic E-state index is -0.833. The Balaban J connectivity index is 0. The van der Waals surface area contributed by atoms with Gasteiger partial charge in [0.15, 0.2) is 0 Å². The molecule has 0 unspecified atom stereocenters. The fourth-order valence-electron chi connectivity index (χ4n) is 0.660. The van der Waals surface area contributed by atoms with Crippen LogP contribution >= 0.6 is 0 Å². The van der Waals surface area contributed by atoms with E-state index in [-0.39, 0.29) is 5.75 Å². The summed E-state index contributed by atoms with van der Waals surface area (Å²) in [5.41, 5.74) is 9.28. The fourth-order valence-corrected chi connectivity index (χ4v) is 0.660. The largest absolute Gasteiger partial charge is 0.507 e. The molecule has 0 atom stereocenters. The Labute approximate surface area is 88.0 Å². The molecule has 0 spiro atoms. The van der Waals surface area contributed by atoms with Crippen LogP contribution in [0.4, 0.5) is 4.79 Å². The molecule has 0 saturated heterocycles. The van der Waals surface area contributed by atoms with Gasteiger partial charge < -0.3 is 21.4 Å². The van der Waals surface area contributed by atoms with Crippen molar-refractivity contribution in [2.75, 3.05) is 0 Å². The molecule has 5 heteroatoms. The molecule has 15 heavy (non-hydrogen) atoms. The Morgan fingerprint density at radius 2 is 1.67 bits per heavy atom. The van der Waals surface area contributed by atoms with Crippen LogP contribution in [0, 0.1) is 0 Å². The van der Waals surface area contributed by atoms with Crippen molar-refractivity contribution < 1.29 is 14.7 Å². The second-order valence-electron chi connectivity index (χ2n) is 2.17. The first-order chi connectivity index (χ1) is 7.07. The third-order valence-corrected chi connectivity index (χ3v) is 1.16. The Bertz CT molecular complexity index is 309. The lowest BCUT2D eigenvalue weighted by molar-refractivity contribution is -0.0979. The van der Waals surface area contributed by atoms with Gasteiger partial charge in [0.05, 0.1) is 0 Å². The Morgan fingerprint density at radius 1 is 1.27 bits per heavy atom. The predicted octanol–water partition coefficient (Wildman–Crippen LogP) is 0.874. The van der Waals surface area contributed by atoms with Crippen LogP contribution in [0.2, 0.25) is 0 Å². The molecule has 0 aromatic heterocycles. The van der Waals surface area contributed by atoms with Gasteiger partial charge in [-0.1, -0.05) is 30.9 Å². The van der Waals surface area contributed by atoms with E-state index in [1.807, 2.05) is 18.9 Å². The number of amides is 2. The maximum absolute atomic E-state index is 9.04. The topological polar surface area (TPSA) is 106 Å². The smallest absolute Gasteiger partial charge is 0.309 e. The first-order valence-corrected chi connectivity index (χ1v) is 3.82. The van der Waals surface area contributed by atoms with Gasteiger partial charge in [-0.25, -0.2) is 4.79 Å². The second kappa shape index (κ2) is 9.79. The van der Waals surface area contributed by atoms with E-state index in [1.54, 1.807) is 18.2 Å². The second-order valence-corrected chi connectivity index (χ2v) is 2.17. The highest BCUT2D eigenvalue weighted by atomic mass is 16.3. The summed E-state index contributed by atoms with van der Waals surface area (Å²) in [5.74, 6) is 0.285. The van der Waals surface area contributed by atoms with Crippen LogP contribution in [0.3, 0.4) is 0 Å². The lowest BCUT2D eigenvalue weighted by atomic mass is 10.2. The number of rotatable bonds is 1. The quantitative estimate of drug-likeness (QED) is 0.640. The number of hydrogen-bond donors (Lipinski definition) is 3. The summed E-state index contributed by atoms with van der Waals surface area (Å²) >= 11 is 0. The Morgan fingerprint density at radius 3 is 1.93 bits per heavy atom. The summed E-state index contributed by atoms with van der Waals surface area (Å²) in [7, 11) is 0. The number of hydrogen-bond acceptors (Lipinski definition) is 3. The molecular weight excluding hydrogens is 196 g/mol. The number of nitrogens with two attached hydrogens (primary N) is 2. The summed E-state index contributed by atoms with van der Waals surface area (Å²) in [6.07, 6.45) is 1.62. The predicted molar refractivity (Wildman–Crippen MR) is 59.1 cm³/mol. The average Bonchev–Trinajstić information content (AvgIpc) is 2.21. The van der Waals surface area contributed by atoms with Gasteiger partial charge in [0.2, 0.25) is 0 Å². The minimum absolute atomic E-state index is 0.285. The van der Waals surface area contributed by atoms with Crippen LogP contribution in [-0.4, -0.2) is 17.9 Å². The van der Waals surface area contributed by atoms with Crippen molar-refractivity contribution in [3.63, 3.8) is 0 Å². The van der Waals surface area contributed by atoms with E-state index in [1.165, 1.54) is 0 Å². The molecule has 82 valence electrons. The first kappa shape index (κ1) is 15.2. The Hall–Kier alpha value is -2.30. The standard InChI is InChI=1S/C8H8O.CH4N2O.CH2O/c1-2-7-5-3-4-6-8(7)9;2-1(3)4;1-2/h2-6,9H,1H2;(H4,2,3,4);1H2. The van der Waals surface area contributed by atoms with Crippen LogP contribution in [0.15, 0.2) is 30.8 Å². The molecule has 0 saturated carbocycles. The number of urea groups is 1. The number of carbonyl (C=O) groups is 2. The highest BCUT2D eigenvalue weighted by Crippen LogP contribution is 2.15. The lowest BCUT2D eigenvalue weighted by Crippen LogP contribution is -2.18. The van der Waals surface area contributed by atoms with E-state index in [0.717, 1.165) is 5.56 Å². The first-order valence-electron chi connectivity index (χ1n) is 3.82. The van der Waals surface area contributed by atoms with Crippen LogP contribution in [0.25, 0.3) is 6.08 Å². The third-order valence-electron chi connectivity index (χ3n) is 1.16. The summed E-state index contributed by atoms with van der Waals surface area (Å²) in [6.45, 7) is 5.53. The molecule has 5 N–H and O–H groups in total. The van der Waals surface area contributed by atoms with Gasteiger partial charge in [-0.3, -0.25) is 0 Å². The van der Waals surface area contributed by atoms with E-state index < -0.39 is 6.03 Å².